The van der Waals surface area contributed by atoms with Crippen LogP contribution in [-0.4, -0.2) is 48.2 Å². The first-order valence-corrected chi connectivity index (χ1v) is 10.6. The van der Waals surface area contributed by atoms with Gasteiger partial charge in [-0.3, -0.25) is 9.80 Å². The van der Waals surface area contributed by atoms with Crippen LogP contribution in [-0.2, 0) is 11.2 Å². The number of amides is 1. The second kappa shape index (κ2) is 7.41. The van der Waals surface area contributed by atoms with E-state index in [0.717, 1.165) is 44.5 Å². The van der Waals surface area contributed by atoms with E-state index in [4.69, 9.17) is 16.3 Å². The molecule has 5 heteroatoms. The molecule has 3 saturated heterocycles. The molecule has 4 heterocycles. The van der Waals surface area contributed by atoms with E-state index >= 15 is 0 Å². The van der Waals surface area contributed by atoms with Crippen molar-refractivity contribution in [2.45, 2.75) is 31.4 Å². The van der Waals surface area contributed by atoms with Crippen molar-refractivity contribution in [1.82, 2.24) is 9.80 Å². The van der Waals surface area contributed by atoms with Gasteiger partial charge in [-0.2, -0.15) is 0 Å². The maximum atomic E-state index is 13.3. The van der Waals surface area contributed by atoms with Crippen molar-refractivity contribution in [3.8, 4) is 0 Å². The first-order chi connectivity index (χ1) is 13.7. The Balaban J connectivity index is 1.43. The van der Waals surface area contributed by atoms with Crippen molar-refractivity contribution in [3.63, 3.8) is 0 Å². The quantitative estimate of drug-likeness (QED) is 0.748. The van der Waals surface area contributed by atoms with Gasteiger partial charge in [0.2, 0.25) is 0 Å². The molecule has 1 amide bonds. The minimum absolute atomic E-state index is 0.0260. The molecule has 0 radical (unpaired) electrons. The van der Waals surface area contributed by atoms with Crippen LogP contribution in [0.15, 0.2) is 48.5 Å². The van der Waals surface area contributed by atoms with Crippen molar-refractivity contribution in [2.75, 3.05) is 26.2 Å². The fourth-order valence-electron chi connectivity index (χ4n) is 5.01. The van der Waals surface area contributed by atoms with Gasteiger partial charge in [0.15, 0.2) is 0 Å². The maximum absolute atomic E-state index is 13.3. The highest BCUT2D eigenvalue weighted by Crippen LogP contribution is 2.37. The van der Waals surface area contributed by atoms with Crippen LogP contribution in [0.4, 0.5) is 4.79 Å². The molecule has 3 fully saturated rings. The standard InChI is InChI=1S/C23H25ClN2O2/c24-19-7-5-18(6-8-19)22-20-4-2-1-3-16(20)11-14-26(22)23(27)28-21-15-25-12-9-17(21)10-13-25/h1-8,17,21-22H,9-15H2/t21?,22-/m0/s1. The zero-order valence-corrected chi connectivity index (χ0v) is 16.6. The number of carbonyl (C=O) groups is 1. The van der Waals surface area contributed by atoms with Crippen LogP contribution in [0.1, 0.15) is 35.6 Å². The zero-order chi connectivity index (χ0) is 19.1. The molecule has 0 saturated carbocycles. The molecule has 2 aromatic carbocycles. The summed E-state index contributed by atoms with van der Waals surface area (Å²) in [6.45, 7) is 3.84. The Kier molecular flexibility index (Phi) is 4.77. The fourth-order valence-corrected chi connectivity index (χ4v) is 5.14. The van der Waals surface area contributed by atoms with Crippen molar-refractivity contribution in [3.05, 3.63) is 70.2 Å². The Morgan fingerprint density at radius 3 is 2.46 bits per heavy atom. The first kappa shape index (κ1) is 18.0. The van der Waals surface area contributed by atoms with E-state index in [2.05, 4.69) is 23.1 Å². The number of rotatable bonds is 2. The van der Waals surface area contributed by atoms with Crippen molar-refractivity contribution in [1.29, 1.82) is 0 Å². The molecule has 2 bridgehead atoms. The van der Waals surface area contributed by atoms with Crippen LogP contribution in [0.3, 0.4) is 0 Å². The summed E-state index contributed by atoms with van der Waals surface area (Å²) in [5.41, 5.74) is 3.55. The predicted octanol–water partition coefficient (Wildman–Crippen LogP) is 4.52. The Labute approximate surface area is 171 Å². The Hall–Kier alpha value is -2.04. The van der Waals surface area contributed by atoms with Crippen molar-refractivity contribution < 1.29 is 9.53 Å². The third-order valence-corrected chi connectivity index (χ3v) is 6.80. The van der Waals surface area contributed by atoms with Crippen LogP contribution in [0.2, 0.25) is 5.02 Å². The number of ether oxygens (including phenoxy) is 1. The molecule has 6 rings (SSSR count). The summed E-state index contributed by atoms with van der Waals surface area (Å²) >= 11 is 6.10. The van der Waals surface area contributed by atoms with Crippen LogP contribution < -0.4 is 0 Å². The second-order valence-electron chi connectivity index (χ2n) is 8.16. The van der Waals surface area contributed by atoms with E-state index in [9.17, 15) is 4.79 Å². The van der Waals surface area contributed by atoms with Gasteiger partial charge >= 0.3 is 6.09 Å². The van der Waals surface area contributed by atoms with Gasteiger partial charge < -0.3 is 4.74 Å². The molecule has 146 valence electrons. The first-order valence-electron chi connectivity index (χ1n) is 10.2. The molecule has 2 atom stereocenters. The Morgan fingerprint density at radius 2 is 1.75 bits per heavy atom. The third-order valence-electron chi connectivity index (χ3n) is 6.55. The maximum Gasteiger partial charge on any atom is 0.410 e. The van der Waals surface area contributed by atoms with Gasteiger partial charge in [0.1, 0.15) is 6.10 Å². The molecular formula is C23H25ClN2O2. The lowest BCUT2D eigenvalue weighted by Gasteiger charge is -2.45. The molecule has 2 aromatic rings. The SMILES string of the molecule is O=C(OC1CN2CCC1CC2)N1CCc2ccccc2[C@@H]1c1ccc(Cl)cc1. The number of fused-ring (bicyclic) bond motifs is 4. The molecule has 4 aliphatic heterocycles. The van der Waals surface area contributed by atoms with Crippen LogP contribution in [0, 0.1) is 5.92 Å². The van der Waals surface area contributed by atoms with Gasteiger partial charge in [-0.15, -0.1) is 0 Å². The van der Waals surface area contributed by atoms with Crippen LogP contribution >= 0.6 is 11.6 Å². The lowest BCUT2D eigenvalue weighted by atomic mass is 9.86. The summed E-state index contributed by atoms with van der Waals surface area (Å²) < 4.78 is 6.07. The minimum atomic E-state index is -0.187. The van der Waals surface area contributed by atoms with Crippen molar-refractivity contribution >= 4 is 17.7 Å². The normalized spacial score (nSPS) is 28.7. The monoisotopic (exact) mass is 396 g/mol. The molecule has 4 nitrogen and oxygen atoms in total. The third kappa shape index (κ3) is 3.29. The number of piperidine rings is 3. The average Bonchev–Trinajstić information content (AvgIpc) is 2.74. The molecular weight excluding hydrogens is 372 g/mol. The van der Waals surface area contributed by atoms with E-state index in [1.807, 2.05) is 35.2 Å². The molecule has 0 N–H and O–H groups in total. The average molecular weight is 397 g/mol. The van der Waals surface area contributed by atoms with Crippen LogP contribution in [0.25, 0.3) is 0 Å². The summed E-state index contributed by atoms with van der Waals surface area (Å²) in [6, 6.07) is 16.1. The number of hydrogen-bond acceptors (Lipinski definition) is 3. The van der Waals surface area contributed by atoms with Gasteiger partial charge in [-0.05, 0) is 67.1 Å². The zero-order valence-electron chi connectivity index (χ0n) is 15.9. The molecule has 4 aliphatic rings. The van der Waals surface area contributed by atoms with E-state index in [0.29, 0.717) is 17.5 Å². The van der Waals surface area contributed by atoms with Crippen LogP contribution in [0.5, 0.6) is 0 Å². The smallest absolute Gasteiger partial charge is 0.410 e. The highest BCUT2D eigenvalue weighted by Gasteiger charge is 2.39. The lowest BCUT2D eigenvalue weighted by molar-refractivity contribution is -0.0462. The summed E-state index contributed by atoms with van der Waals surface area (Å²) in [4.78, 5) is 17.6. The molecule has 28 heavy (non-hydrogen) atoms. The van der Waals surface area contributed by atoms with E-state index in [1.54, 1.807) is 0 Å². The number of benzene rings is 2. The van der Waals surface area contributed by atoms with Gasteiger partial charge in [0, 0.05) is 18.1 Å². The Bertz CT molecular complexity index is 861. The van der Waals surface area contributed by atoms with E-state index < -0.39 is 0 Å². The second-order valence-corrected chi connectivity index (χ2v) is 8.59. The lowest BCUT2D eigenvalue weighted by Crippen LogP contribution is -2.53. The number of nitrogens with zero attached hydrogens (tertiary/aromatic N) is 2. The van der Waals surface area contributed by atoms with E-state index in [-0.39, 0.29) is 18.2 Å². The summed E-state index contributed by atoms with van der Waals surface area (Å²) in [6.07, 6.45) is 2.98. The fraction of sp³-hybridized carbons (Fsp3) is 0.435. The van der Waals surface area contributed by atoms with Gasteiger partial charge in [0.05, 0.1) is 6.04 Å². The highest BCUT2D eigenvalue weighted by atomic mass is 35.5. The minimum Gasteiger partial charge on any atom is -0.444 e. The largest absolute Gasteiger partial charge is 0.444 e. The summed E-state index contributed by atoms with van der Waals surface area (Å²) in [5, 5.41) is 0.703. The van der Waals surface area contributed by atoms with Gasteiger partial charge in [-0.25, -0.2) is 4.79 Å². The number of halogens is 1. The predicted molar refractivity (Wildman–Crippen MR) is 110 cm³/mol. The summed E-state index contributed by atoms with van der Waals surface area (Å²) in [7, 11) is 0. The molecule has 0 aliphatic carbocycles. The number of carbonyl (C=O) groups excluding carboxylic acids is 1. The number of hydrogen-bond donors (Lipinski definition) is 0. The topological polar surface area (TPSA) is 32.8 Å². The summed E-state index contributed by atoms with van der Waals surface area (Å²) in [5.74, 6) is 0.514. The Morgan fingerprint density at radius 1 is 1.00 bits per heavy atom. The van der Waals surface area contributed by atoms with Crippen molar-refractivity contribution in [2.24, 2.45) is 5.92 Å². The molecule has 0 aromatic heterocycles. The van der Waals surface area contributed by atoms with Gasteiger partial charge in [-0.1, -0.05) is 48.0 Å². The highest BCUT2D eigenvalue weighted by molar-refractivity contribution is 6.30. The van der Waals surface area contributed by atoms with Gasteiger partial charge in [0.25, 0.3) is 0 Å². The van der Waals surface area contributed by atoms with E-state index in [1.165, 1.54) is 11.1 Å². The molecule has 1 unspecified atom stereocenters. The molecule has 0 spiro atoms.